The molecule has 2 atom stereocenters. The molecule has 0 amide bonds. The Morgan fingerprint density at radius 1 is 1.06 bits per heavy atom. The highest BCUT2D eigenvalue weighted by molar-refractivity contribution is 6.07. The molecule has 1 aliphatic carbocycles. The summed E-state index contributed by atoms with van der Waals surface area (Å²) < 4.78 is 81.6. The molecule has 2 N–H and O–H groups in total. The van der Waals surface area contributed by atoms with Crippen molar-refractivity contribution < 1.29 is 42.0 Å². The Hall–Kier alpha value is -4.31. The highest BCUT2D eigenvalue weighted by atomic mass is 19.3. The summed E-state index contributed by atoms with van der Waals surface area (Å²) >= 11 is 0. The maximum Gasteiger partial charge on any atom is 0.319 e. The number of fused-ring (bicyclic) bond motifs is 4. The van der Waals surface area contributed by atoms with Crippen LogP contribution in [0, 0.1) is 17.0 Å². The predicted molar refractivity (Wildman–Crippen MR) is 190 cm³/mol. The number of nitrogens with zero attached hydrogens (tertiary/aromatic N) is 6. The summed E-state index contributed by atoms with van der Waals surface area (Å²) in [6.45, 7) is 4.94. The number of alkyl halides is 2. The van der Waals surface area contributed by atoms with E-state index in [-0.39, 0.29) is 91.5 Å². The lowest BCUT2D eigenvalue weighted by Crippen LogP contribution is -2.43. The van der Waals surface area contributed by atoms with Crippen LogP contribution in [0.15, 0.2) is 36.5 Å². The predicted octanol–water partition coefficient (Wildman–Crippen LogP) is 5.75. The van der Waals surface area contributed by atoms with E-state index in [0.29, 0.717) is 34.9 Å². The minimum atomic E-state index is -2.98. The third-order valence-corrected chi connectivity index (χ3v) is 11.0. The van der Waals surface area contributed by atoms with Crippen LogP contribution in [0.25, 0.3) is 38.4 Å². The first-order valence-corrected chi connectivity index (χ1v) is 18.0. The number of pyridine rings is 1. The number of anilines is 1. The Morgan fingerprint density at radius 2 is 1.83 bits per heavy atom. The number of phenolic OH excluding ortho intramolecular Hbond substituents is 1. The number of piperidine rings is 1. The number of aromatic nitrogens is 4. The van der Waals surface area contributed by atoms with Gasteiger partial charge in [-0.15, -0.1) is 0 Å². The lowest BCUT2D eigenvalue weighted by molar-refractivity contribution is -0.0123. The maximum atomic E-state index is 17.5. The van der Waals surface area contributed by atoms with Gasteiger partial charge in [0, 0.05) is 45.3 Å². The number of benzene rings is 2. The Labute approximate surface area is 303 Å². The third-order valence-electron chi connectivity index (χ3n) is 11.0. The number of aromatic hydroxyl groups is 1. The molecule has 0 bridgehead atoms. The summed E-state index contributed by atoms with van der Waals surface area (Å²) in [5, 5.41) is 27.5. The fraction of sp³-hybridized carbons (Fsp3) is 0.500. The van der Waals surface area contributed by atoms with Crippen molar-refractivity contribution in [2.24, 2.45) is 5.41 Å². The molecule has 0 radical (unpaired) electrons. The van der Waals surface area contributed by atoms with Crippen molar-refractivity contribution in [3.8, 4) is 23.0 Å². The van der Waals surface area contributed by atoms with Crippen molar-refractivity contribution >= 4 is 33.0 Å². The molecule has 1 saturated carbocycles. The number of hydrogen-bond acceptors (Lipinski definition) is 10. The monoisotopic (exact) mass is 738 g/mol. The number of likely N-dealkylation sites (tertiary alicyclic amines) is 1. The topological polar surface area (TPSA) is 118 Å². The minimum absolute atomic E-state index is 0.0522. The average molecular weight is 739 g/mol. The molecule has 3 aromatic heterocycles. The number of ether oxygens (including phenoxy) is 3. The van der Waals surface area contributed by atoms with E-state index in [2.05, 4.69) is 10.1 Å². The van der Waals surface area contributed by atoms with Crippen LogP contribution < -0.4 is 9.64 Å². The zero-order chi connectivity index (χ0) is 37.3. The lowest BCUT2D eigenvalue weighted by atomic mass is 9.94. The van der Waals surface area contributed by atoms with Gasteiger partial charge in [-0.25, -0.2) is 22.1 Å². The van der Waals surface area contributed by atoms with E-state index >= 15 is 17.6 Å². The van der Waals surface area contributed by atoms with Gasteiger partial charge in [0.25, 0.3) is 5.92 Å². The zero-order valence-corrected chi connectivity index (χ0v) is 29.8. The molecular weight excluding hydrogens is 696 g/mol. The largest absolute Gasteiger partial charge is 0.508 e. The SMILES string of the molecule is CCc1c(F)ccc2cc(O)cc(-c3c(F)c4nc(OCC5(CN6CCC(OC)CC6)CC5(F)F)nc(N5CCOCC(C)(O)C5)c4c4ccnn34)c12. The van der Waals surface area contributed by atoms with Crippen LogP contribution in [0.2, 0.25) is 0 Å². The van der Waals surface area contributed by atoms with Crippen molar-refractivity contribution in [1.29, 1.82) is 0 Å². The summed E-state index contributed by atoms with van der Waals surface area (Å²) in [5.41, 5.74) is -2.16. The van der Waals surface area contributed by atoms with Crippen molar-refractivity contribution in [1.82, 2.24) is 24.5 Å². The van der Waals surface area contributed by atoms with E-state index < -0.39 is 35.2 Å². The van der Waals surface area contributed by atoms with Gasteiger partial charge in [-0.05, 0) is 66.8 Å². The number of aliphatic hydroxyl groups is 1. The Balaban J connectivity index is 1.29. The smallest absolute Gasteiger partial charge is 0.319 e. The number of halogens is 4. The molecular formula is C38H42F4N6O5. The molecule has 282 valence electrons. The van der Waals surface area contributed by atoms with E-state index in [1.807, 2.05) is 4.90 Å². The Morgan fingerprint density at radius 3 is 2.55 bits per heavy atom. The standard InChI is InChI=1S/C38H42F4N6O5/c1-4-25-27(39)6-5-22-15-23(49)16-26(29(22)25)33-31(40)32-30(28-7-10-43-48(28)33)34(47-13-14-52-20-36(2,50)18-47)45-35(44-32)53-21-37(17-38(37,41)42)19-46-11-8-24(51-3)9-12-46/h5-7,10,15-16,24,49-50H,4,8-9,11-14,17-21H2,1-3H3. The number of rotatable bonds is 9. The van der Waals surface area contributed by atoms with Crippen LogP contribution in [0.1, 0.15) is 38.7 Å². The number of β-amino-alcohol motifs (C(OH)–C–C–N with tert-alkyl or cyclic N) is 1. The Kier molecular flexibility index (Phi) is 8.90. The molecule has 0 spiro atoms. The molecule has 8 rings (SSSR count). The van der Waals surface area contributed by atoms with Crippen LogP contribution in [-0.4, -0.2) is 112 Å². The molecule has 53 heavy (non-hydrogen) atoms. The van der Waals surface area contributed by atoms with E-state index in [1.165, 1.54) is 35.0 Å². The summed E-state index contributed by atoms with van der Waals surface area (Å²) in [7, 11) is 1.65. The molecule has 11 nitrogen and oxygen atoms in total. The second kappa shape index (κ2) is 13.2. The number of aryl methyl sites for hydroxylation is 1. The quantitative estimate of drug-likeness (QED) is 0.181. The summed E-state index contributed by atoms with van der Waals surface area (Å²) in [6.07, 6.45) is 2.98. The fourth-order valence-corrected chi connectivity index (χ4v) is 8.13. The van der Waals surface area contributed by atoms with Crippen LogP contribution in [-0.2, 0) is 15.9 Å². The van der Waals surface area contributed by atoms with E-state index in [4.69, 9.17) is 19.2 Å². The van der Waals surface area contributed by atoms with Crippen LogP contribution in [0.3, 0.4) is 0 Å². The van der Waals surface area contributed by atoms with Gasteiger partial charge in [-0.1, -0.05) is 13.0 Å². The highest BCUT2D eigenvalue weighted by Crippen LogP contribution is 2.61. The van der Waals surface area contributed by atoms with Gasteiger partial charge < -0.3 is 34.2 Å². The second-order valence-corrected chi connectivity index (χ2v) is 14.9. The van der Waals surface area contributed by atoms with Crippen molar-refractivity contribution in [2.75, 3.05) is 64.6 Å². The lowest BCUT2D eigenvalue weighted by Gasteiger charge is -2.33. The average Bonchev–Trinajstić information content (AvgIpc) is 3.43. The van der Waals surface area contributed by atoms with Gasteiger partial charge in [-0.2, -0.15) is 15.1 Å². The van der Waals surface area contributed by atoms with E-state index in [0.717, 1.165) is 12.8 Å². The fourth-order valence-electron chi connectivity index (χ4n) is 8.13. The van der Waals surface area contributed by atoms with Crippen LogP contribution >= 0.6 is 0 Å². The second-order valence-electron chi connectivity index (χ2n) is 14.9. The summed E-state index contributed by atoms with van der Waals surface area (Å²) in [6, 6.07) is 7.03. The van der Waals surface area contributed by atoms with Gasteiger partial charge in [0.2, 0.25) is 0 Å². The number of methoxy groups -OCH3 is 1. The molecule has 3 aliphatic rings. The molecule has 5 aromatic rings. The van der Waals surface area contributed by atoms with Gasteiger partial charge in [0.05, 0.1) is 48.4 Å². The van der Waals surface area contributed by atoms with Crippen molar-refractivity contribution in [3.05, 3.63) is 53.7 Å². The first-order valence-electron chi connectivity index (χ1n) is 18.0. The molecule has 5 heterocycles. The van der Waals surface area contributed by atoms with Crippen LogP contribution in [0.5, 0.6) is 11.8 Å². The number of hydrogen-bond donors (Lipinski definition) is 2. The van der Waals surface area contributed by atoms with Gasteiger partial charge in [0.15, 0.2) is 5.82 Å². The van der Waals surface area contributed by atoms with Gasteiger partial charge >= 0.3 is 6.01 Å². The normalized spacial score (nSPS) is 24.0. The molecule has 2 aliphatic heterocycles. The van der Waals surface area contributed by atoms with Gasteiger partial charge in [-0.3, -0.25) is 0 Å². The molecule has 2 aromatic carbocycles. The molecule has 3 fully saturated rings. The molecule has 2 saturated heterocycles. The highest BCUT2D eigenvalue weighted by Gasteiger charge is 2.72. The molecule has 15 heteroatoms. The Bertz CT molecular complexity index is 2210. The minimum Gasteiger partial charge on any atom is -0.508 e. The first kappa shape index (κ1) is 35.7. The number of phenols is 1. The maximum absolute atomic E-state index is 17.5. The third kappa shape index (κ3) is 6.30. The van der Waals surface area contributed by atoms with Crippen LogP contribution in [0.4, 0.5) is 23.4 Å². The van der Waals surface area contributed by atoms with Gasteiger partial charge in [0.1, 0.15) is 40.8 Å². The summed E-state index contributed by atoms with van der Waals surface area (Å²) in [4.78, 5) is 13.0. The van der Waals surface area contributed by atoms with E-state index in [1.54, 1.807) is 31.9 Å². The van der Waals surface area contributed by atoms with E-state index in [9.17, 15) is 10.2 Å². The zero-order valence-electron chi connectivity index (χ0n) is 29.8. The molecule has 2 unspecified atom stereocenters. The first-order chi connectivity index (χ1) is 25.3. The summed E-state index contributed by atoms with van der Waals surface area (Å²) in [5.74, 6) is -4.29. The van der Waals surface area contributed by atoms with Crippen molar-refractivity contribution in [2.45, 2.75) is 57.2 Å². The van der Waals surface area contributed by atoms with Crippen molar-refractivity contribution in [3.63, 3.8) is 0 Å².